The van der Waals surface area contributed by atoms with Gasteiger partial charge >= 0.3 is 0 Å². The Balaban J connectivity index is 1.44. The number of carbonyl (C=O) groups is 2. The zero-order valence-electron chi connectivity index (χ0n) is 22.2. The van der Waals surface area contributed by atoms with Crippen molar-refractivity contribution in [1.29, 1.82) is 0 Å². The van der Waals surface area contributed by atoms with Crippen molar-refractivity contribution in [2.45, 2.75) is 78.4 Å². The Bertz CT molecular complexity index is 1060. The van der Waals surface area contributed by atoms with Gasteiger partial charge in [0.15, 0.2) is 10.9 Å². The van der Waals surface area contributed by atoms with Gasteiger partial charge in [-0.15, -0.1) is 0 Å². The molecule has 7 unspecified atom stereocenters. The molecule has 0 bridgehead atoms. The zero-order chi connectivity index (χ0) is 26.5. The molecule has 0 heterocycles. The minimum Gasteiger partial charge on any atom is -0.412 e. The average Bonchev–Trinajstić information content (AvgIpc) is 3.02. The predicted octanol–water partition coefficient (Wildman–Crippen LogP) is 5.98. The van der Waals surface area contributed by atoms with Gasteiger partial charge in [-0.2, -0.15) is 0 Å². The third kappa shape index (κ3) is 4.98. The first-order valence-electron chi connectivity index (χ1n) is 13.1. The quantitative estimate of drug-likeness (QED) is 0.362. The number of alkyl halides is 1. The molecule has 3 saturated carbocycles. The van der Waals surface area contributed by atoms with Gasteiger partial charge in [-0.3, -0.25) is 9.59 Å². The van der Waals surface area contributed by atoms with Gasteiger partial charge in [0.2, 0.25) is 0 Å². The Morgan fingerprint density at radius 1 is 1.39 bits per heavy atom. The number of nitrogens with two attached hydrogens (primary N) is 1. The summed E-state index contributed by atoms with van der Waals surface area (Å²) in [6, 6.07) is -0.0210. The maximum atomic E-state index is 13.7. The summed E-state index contributed by atoms with van der Waals surface area (Å²) in [5, 5.41) is 0.182. The number of hydrogen-bond donors (Lipinski definition) is 1. The first-order chi connectivity index (χ1) is 16.8. The SMILES string of the molecule is C=C(CC(C)(C)F)OC#CCSC(=O)C1[C@H](C)CC2C3CCC4=CC(=O)C=CC4(C)C3C(N)CC21C. The van der Waals surface area contributed by atoms with E-state index in [9.17, 15) is 14.0 Å². The monoisotopic (exact) mass is 513 g/mol. The molecule has 196 valence electrons. The van der Waals surface area contributed by atoms with Gasteiger partial charge < -0.3 is 10.5 Å². The lowest BCUT2D eigenvalue weighted by molar-refractivity contribution is -0.122. The molecular formula is C30H40FNO3S. The predicted molar refractivity (Wildman–Crippen MR) is 143 cm³/mol. The summed E-state index contributed by atoms with van der Waals surface area (Å²) in [4.78, 5) is 25.5. The molecule has 3 fully saturated rings. The van der Waals surface area contributed by atoms with Crippen LogP contribution in [0.15, 0.2) is 36.1 Å². The van der Waals surface area contributed by atoms with Gasteiger partial charge in [-0.25, -0.2) is 4.39 Å². The van der Waals surface area contributed by atoms with E-state index in [4.69, 9.17) is 10.5 Å². The molecule has 4 nitrogen and oxygen atoms in total. The van der Waals surface area contributed by atoms with Gasteiger partial charge in [0.25, 0.3) is 0 Å². The van der Waals surface area contributed by atoms with Crippen molar-refractivity contribution in [3.05, 3.63) is 36.1 Å². The molecule has 0 amide bonds. The molecule has 0 radical (unpaired) electrons. The molecule has 4 aliphatic carbocycles. The smallest absolute Gasteiger partial charge is 0.193 e. The molecule has 0 spiro atoms. The molecule has 0 saturated heterocycles. The molecule has 36 heavy (non-hydrogen) atoms. The van der Waals surface area contributed by atoms with Gasteiger partial charge in [0.05, 0.1) is 5.75 Å². The first-order valence-corrected chi connectivity index (χ1v) is 14.1. The van der Waals surface area contributed by atoms with Crippen molar-refractivity contribution in [1.82, 2.24) is 0 Å². The second-order valence-corrected chi connectivity index (χ2v) is 13.5. The molecule has 4 rings (SSSR count). The molecule has 2 N–H and O–H groups in total. The van der Waals surface area contributed by atoms with Crippen LogP contribution in [0.5, 0.6) is 0 Å². The van der Waals surface area contributed by atoms with E-state index in [2.05, 4.69) is 45.5 Å². The number of hydrogen-bond acceptors (Lipinski definition) is 5. The number of thioether (sulfide) groups is 1. The maximum absolute atomic E-state index is 13.7. The summed E-state index contributed by atoms with van der Waals surface area (Å²) < 4.78 is 18.9. The maximum Gasteiger partial charge on any atom is 0.193 e. The Morgan fingerprint density at radius 2 is 2.11 bits per heavy atom. The summed E-state index contributed by atoms with van der Waals surface area (Å²) in [5.41, 5.74) is 6.46. The van der Waals surface area contributed by atoms with E-state index in [0.29, 0.717) is 23.5 Å². The Hall–Kier alpha value is -1.84. The molecule has 0 aliphatic heterocycles. The van der Waals surface area contributed by atoms with Crippen LogP contribution in [0.1, 0.15) is 66.7 Å². The molecule has 0 aromatic rings. The number of halogens is 1. The van der Waals surface area contributed by atoms with E-state index >= 15 is 0 Å². The van der Waals surface area contributed by atoms with Crippen LogP contribution in [-0.2, 0) is 14.3 Å². The summed E-state index contributed by atoms with van der Waals surface area (Å²) >= 11 is 1.25. The van der Waals surface area contributed by atoms with E-state index < -0.39 is 5.67 Å². The van der Waals surface area contributed by atoms with Gasteiger partial charge in [0, 0.05) is 23.8 Å². The summed E-state index contributed by atoms with van der Waals surface area (Å²) in [7, 11) is 0. The van der Waals surface area contributed by atoms with Crippen LogP contribution in [0.25, 0.3) is 0 Å². The van der Waals surface area contributed by atoms with Crippen molar-refractivity contribution in [2.75, 3.05) is 5.75 Å². The van der Waals surface area contributed by atoms with E-state index in [0.717, 1.165) is 25.7 Å². The van der Waals surface area contributed by atoms with Crippen molar-refractivity contribution < 1.29 is 18.7 Å². The highest BCUT2D eigenvalue weighted by atomic mass is 32.2. The molecule has 0 aromatic carbocycles. The van der Waals surface area contributed by atoms with Crippen LogP contribution in [-0.4, -0.2) is 28.4 Å². The number of allylic oxidation sites excluding steroid dienone is 5. The Kier molecular flexibility index (Phi) is 7.40. The van der Waals surface area contributed by atoms with Crippen molar-refractivity contribution >= 4 is 22.7 Å². The van der Waals surface area contributed by atoms with Crippen LogP contribution in [0.4, 0.5) is 4.39 Å². The lowest BCUT2D eigenvalue weighted by Crippen LogP contribution is -2.58. The molecule has 6 heteroatoms. The Morgan fingerprint density at radius 3 is 2.81 bits per heavy atom. The van der Waals surface area contributed by atoms with Crippen LogP contribution in [0.3, 0.4) is 0 Å². The number of rotatable bonds is 5. The fourth-order valence-electron chi connectivity index (χ4n) is 8.17. The highest BCUT2D eigenvalue weighted by Crippen LogP contribution is 2.67. The second-order valence-electron chi connectivity index (χ2n) is 12.5. The van der Waals surface area contributed by atoms with Crippen LogP contribution < -0.4 is 5.73 Å². The van der Waals surface area contributed by atoms with Crippen molar-refractivity contribution in [2.24, 2.45) is 46.2 Å². The number of ketones is 1. The molecule has 8 atom stereocenters. The van der Waals surface area contributed by atoms with E-state index in [1.165, 1.54) is 31.2 Å². The Labute approximate surface area is 219 Å². The summed E-state index contributed by atoms with van der Waals surface area (Å²) in [6.45, 7) is 13.4. The van der Waals surface area contributed by atoms with Gasteiger partial charge in [-0.1, -0.05) is 50.8 Å². The zero-order valence-corrected chi connectivity index (χ0v) is 23.1. The van der Waals surface area contributed by atoms with Crippen LogP contribution >= 0.6 is 11.8 Å². The summed E-state index contributed by atoms with van der Waals surface area (Å²) in [5.74, 6) is 4.98. The number of carbonyl (C=O) groups excluding carboxylic acids is 2. The normalized spacial score (nSPS) is 39.2. The largest absolute Gasteiger partial charge is 0.412 e. The van der Waals surface area contributed by atoms with Crippen LogP contribution in [0, 0.1) is 52.4 Å². The molecule has 0 aromatic heterocycles. The average molecular weight is 514 g/mol. The standard InChI is InChI=1S/C30H40FNO3S/c1-18-14-23-22-9-8-20-15-21(33)10-11-29(20,5)26(22)24(32)17-30(23,6)25(18)27(34)36-13-7-12-35-19(2)16-28(3,4)31/h10-11,15,18,22-26H,2,8-9,13-14,16-17,32H2,1,3-6H3/t18-,22?,23?,24?,25?,26?,29?,30?/m1/s1. The second kappa shape index (κ2) is 9.80. The van der Waals surface area contributed by atoms with Crippen molar-refractivity contribution in [3.8, 4) is 12.0 Å². The van der Waals surface area contributed by atoms with Crippen molar-refractivity contribution in [3.63, 3.8) is 0 Å². The lowest BCUT2D eigenvalue weighted by atomic mass is 9.46. The van der Waals surface area contributed by atoms with Gasteiger partial charge in [-0.05, 0) is 86.7 Å². The summed E-state index contributed by atoms with van der Waals surface area (Å²) in [6.07, 6.45) is 12.1. The fraction of sp³-hybridized carbons (Fsp3) is 0.667. The van der Waals surface area contributed by atoms with Crippen LogP contribution in [0.2, 0.25) is 0 Å². The number of fused-ring (bicyclic) bond motifs is 5. The van der Waals surface area contributed by atoms with E-state index in [1.54, 1.807) is 6.08 Å². The minimum absolute atomic E-state index is 0.0210. The third-order valence-electron chi connectivity index (χ3n) is 9.33. The lowest BCUT2D eigenvalue weighted by Gasteiger charge is -2.59. The van der Waals surface area contributed by atoms with E-state index in [-0.39, 0.29) is 51.8 Å². The highest BCUT2D eigenvalue weighted by molar-refractivity contribution is 8.13. The molecule has 4 aliphatic rings. The highest BCUT2D eigenvalue weighted by Gasteiger charge is 2.63. The third-order valence-corrected chi connectivity index (χ3v) is 10.2. The number of ether oxygens (including phenoxy) is 1. The topological polar surface area (TPSA) is 69.4 Å². The van der Waals surface area contributed by atoms with E-state index in [1.807, 2.05) is 6.08 Å². The first kappa shape index (κ1) is 27.2. The minimum atomic E-state index is -1.40. The van der Waals surface area contributed by atoms with Gasteiger partial charge in [0.1, 0.15) is 17.5 Å². The fourth-order valence-corrected chi connectivity index (χ4v) is 9.12. The molecular weight excluding hydrogens is 473 g/mol.